The highest BCUT2D eigenvalue weighted by molar-refractivity contribution is 6.36. The summed E-state index contributed by atoms with van der Waals surface area (Å²) < 4.78 is 44.6. The molecule has 2 N–H and O–H groups in total. The van der Waals surface area contributed by atoms with E-state index in [1.807, 2.05) is 22.1 Å². The SMILES string of the molecule is COc1cc(-c2nc(Cc3ccc4[nH]ncc4c3Cl)n(CC(C)C)n2)ccc1C(=O)NCC(F)(F)F. The Morgan fingerprint density at radius 3 is 2.72 bits per heavy atom. The van der Waals surface area contributed by atoms with E-state index in [0.29, 0.717) is 41.1 Å². The number of alkyl halides is 3. The van der Waals surface area contributed by atoms with E-state index >= 15 is 0 Å². The molecule has 0 aliphatic rings. The van der Waals surface area contributed by atoms with E-state index in [0.717, 1.165) is 16.5 Å². The summed E-state index contributed by atoms with van der Waals surface area (Å²) in [5.41, 5.74) is 2.23. The summed E-state index contributed by atoms with van der Waals surface area (Å²) in [6.45, 7) is 3.30. The highest BCUT2D eigenvalue weighted by atomic mass is 35.5. The van der Waals surface area contributed by atoms with Crippen LogP contribution in [0.1, 0.15) is 35.6 Å². The molecule has 2 aromatic carbocycles. The molecule has 0 spiro atoms. The van der Waals surface area contributed by atoms with Crippen LogP contribution in [0, 0.1) is 5.92 Å². The zero-order chi connectivity index (χ0) is 26.0. The van der Waals surface area contributed by atoms with E-state index in [2.05, 4.69) is 29.1 Å². The Morgan fingerprint density at radius 1 is 1.25 bits per heavy atom. The fraction of sp³-hybridized carbons (Fsp3) is 0.333. The second-order valence-corrected chi connectivity index (χ2v) is 9.07. The smallest absolute Gasteiger partial charge is 0.405 e. The van der Waals surface area contributed by atoms with Crippen LogP contribution in [-0.4, -0.2) is 50.7 Å². The maximum absolute atomic E-state index is 12.5. The van der Waals surface area contributed by atoms with E-state index < -0.39 is 18.6 Å². The van der Waals surface area contributed by atoms with Crippen molar-refractivity contribution in [2.24, 2.45) is 5.92 Å². The predicted octanol–water partition coefficient (Wildman–Crippen LogP) is 5.02. The predicted molar refractivity (Wildman–Crippen MR) is 129 cm³/mol. The van der Waals surface area contributed by atoms with Gasteiger partial charge in [-0.15, -0.1) is 0 Å². The lowest BCUT2D eigenvalue weighted by atomic mass is 10.1. The Kier molecular flexibility index (Phi) is 7.21. The molecule has 0 aliphatic carbocycles. The van der Waals surface area contributed by atoms with Gasteiger partial charge in [0.2, 0.25) is 0 Å². The quantitative estimate of drug-likeness (QED) is 0.340. The number of carbonyl (C=O) groups is 1. The van der Waals surface area contributed by atoms with Crippen LogP contribution < -0.4 is 10.1 Å². The minimum Gasteiger partial charge on any atom is -0.496 e. The normalized spacial score (nSPS) is 11.9. The van der Waals surface area contributed by atoms with E-state index in [9.17, 15) is 18.0 Å². The zero-order valence-electron chi connectivity index (χ0n) is 19.8. The largest absolute Gasteiger partial charge is 0.496 e. The molecule has 1 amide bonds. The molecule has 8 nitrogen and oxygen atoms in total. The molecule has 0 unspecified atom stereocenters. The lowest BCUT2D eigenvalue weighted by Gasteiger charge is -2.11. The number of amides is 1. The van der Waals surface area contributed by atoms with Gasteiger partial charge in [0, 0.05) is 23.9 Å². The van der Waals surface area contributed by atoms with Crippen molar-refractivity contribution in [3.63, 3.8) is 0 Å². The summed E-state index contributed by atoms with van der Waals surface area (Å²) in [5.74, 6) is 0.599. The van der Waals surface area contributed by atoms with Crippen LogP contribution in [0.3, 0.4) is 0 Å². The third kappa shape index (κ3) is 5.62. The highest BCUT2D eigenvalue weighted by Gasteiger charge is 2.28. The molecule has 0 fully saturated rings. The lowest BCUT2D eigenvalue weighted by molar-refractivity contribution is -0.123. The Labute approximate surface area is 209 Å². The Bertz CT molecular complexity index is 1400. The molecule has 0 aliphatic heterocycles. The molecule has 4 rings (SSSR count). The molecule has 2 heterocycles. The summed E-state index contributed by atoms with van der Waals surface area (Å²) in [4.78, 5) is 17.0. The van der Waals surface area contributed by atoms with Crippen molar-refractivity contribution >= 4 is 28.4 Å². The summed E-state index contributed by atoms with van der Waals surface area (Å²) in [7, 11) is 1.34. The third-order valence-electron chi connectivity index (χ3n) is 5.43. The Morgan fingerprint density at radius 2 is 2.03 bits per heavy atom. The van der Waals surface area contributed by atoms with Gasteiger partial charge in [0.1, 0.15) is 18.1 Å². The van der Waals surface area contributed by atoms with Crippen molar-refractivity contribution in [1.82, 2.24) is 30.3 Å². The number of hydrogen-bond acceptors (Lipinski definition) is 5. The standard InChI is InChI=1S/C24H24ClF3N6O2/c1-13(2)11-34-20(9-14-5-7-18-17(21(14)25)10-30-32-18)31-22(33-34)15-4-6-16(19(8-15)36-3)23(35)29-12-24(26,27)28/h4-8,10,13H,9,11-12H2,1-3H3,(H,29,35)(H,30,32). The number of benzene rings is 2. The second-order valence-electron chi connectivity index (χ2n) is 8.69. The van der Waals surface area contributed by atoms with Gasteiger partial charge in [-0.3, -0.25) is 9.89 Å². The number of carbonyl (C=O) groups excluding carboxylic acids is 1. The maximum atomic E-state index is 12.5. The summed E-state index contributed by atoms with van der Waals surface area (Å²) >= 11 is 6.61. The first kappa shape index (κ1) is 25.5. The Balaban J connectivity index is 1.66. The number of hydrogen-bond donors (Lipinski definition) is 2. The molecule has 12 heteroatoms. The van der Waals surface area contributed by atoms with Gasteiger partial charge >= 0.3 is 6.18 Å². The lowest BCUT2D eigenvalue weighted by Crippen LogP contribution is -2.33. The zero-order valence-corrected chi connectivity index (χ0v) is 20.5. The number of aromatic nitrogens is 5. The van der Waals surface area contributed by atoms with Crippen molar-refractivity contribution in [1.29, 1.82) is 0 Å². The van der Waals surface area contributed by atoms with E-state index in [4.69, 9.17) is 21.3 Å². The molecule has 0 bridgehead atoms. The molecule has 0 saturated carbocycles. The summed E-state index contributed by atoms with van der Waals surface area (Å²) in [6.07, 6.45) is -2.42. The molecule has 0 radical (unpaired) electrons. The van der Waals surface area contributed by atoms with Crippen LogP contribution in [0.25, 0.3) is 22.3 Å². The summed E-state index contributed by atoms with van der Waals surface area (Å²) in [5, 5.41) is 14.8. The first-order valence-corrected chi connectivity index (χ1v) is 11.5. The average Bonchev–Trinajstić information content (AvgIpc) is 3.46. The van der Waals surface area contributed by atoms with Crippen molar-refractivity contribution in [3.8, 4) is 17.1 Å². The summed E-state index contributed by atoms with van der Waals surface area (Å²) in [6, 6.07) is 8.32. The fourth-order valence-corrected chi connectivity index (χ4v) is 4.03. The average molecular weight is 521 g/mol. The molecule has 190 valence electrons. The topological polar surface area (TPSA) is 97.7 Å². The molecular formula is C24H24ClF3N6O2. The van der Waals surface area contributed by atoms with Crippen LogP contribution in [0.15, 0.2) is 36.5 Å². The molecule has 2 aromatic heterocycles. The Hall–Kier alpha value is -3.60. The molecule has 4 aromatic rings. The number of rotatable bonds is 8. The number of H-pyrrole nitrogens is 1. The van der Waals surface area contributed by atoms with E-state index in [1.54, 1.807) is 12.3 Å². The maximum Gasteiger partial charge on any atom is 0.405 e. The van der Waals surface area contributed by atoms with Gasteiger partial charge in [-0.05, 0) is 29.7 Å². The van der Waals surface area contributed by atoms with Crippen LogP contribution in [0.5, 0.6) is 5.75 Å². The minimum atomic E-state index is -4.52. The van der Waals surface area contributed by atoms with E-state index in [1.165, 1.54) is 19.2 Å². The highest BCUT2D eigenvalue weighted by Crippen LogP contribution is 2.30. The number of methoxy groups -OCH3 is 1. The van der Waals surface area contributed by atoms with Crippen molar-refractivity contribution < 1.29 is 22.7 Å². The van der Waals surface area contributed by atoms with Gasteiger partial charge < -0.3 is 10.1 Å². The first-order chi connectivity index (χ1) is 17.1. The van der Waals surface area contributed by atoms with Gasteiger partial charge in [0.25, 0.3) is 5.91 Å². The van der Waals surface area contributed by atoms with Gasteiger partial charge in [-0.1, -0.05) is 37.6 Å². The number of nitrogens with one attached hydrogen (secondary N) is 2. The number of halogens is 4. The van der Waals surface area contributed by atoms with Crippen LogP contribution in [-0.2, 0) is 13.0 Å². The van der Waals surface area contributed by atoms with Crippen LogP contribution in [0.4, 0.5) is 13.2 Å². The van der Waals surface area contributed by atoms with Gasteiger partial charge in [0.15, 0.2) is 5.82 Å². The van der Waals surface area contributed by atoms with Crippen molar-refractivity contribution in [2.45, 2.75) is 33.0 Å². The van der Waals surface area contributed by atoms with Gasteiger partial charge in [0.05, 0.1) is 29.4 Å². The number of aromatic amines is 1. The number of fused-ring (bicyclic) bond motifs is 1. The monoisotopic (exact) mass is 520 g/mol. The minimum absolute atomic E-state index is 0.0208. The molecule has 0 saturated heterocycles. The first-order valence-electron chi connectivity index (χ1n) is 11.1. The van der Waals surface area contributed by atoms with Crippen LogP contribution in [0.2, 0.25) is 5.02 Å². The van der Waals surface area contributed by atoms with E-state index in [-0.39, 0.29) is 11.3 Å². The molecular weight excluding hydrogens is 497 g/mol. The molecule has 36 heavy (non-hydrogen) atoms. The number of ether oxygens (including phenoxy) is 1. The van der Waals surface area contributed by atoms with Crippen molar-refractivity contribution in [2.75, 3.05) is 13.7 Å². The van der Waals surface area contributed by atoms with Gasteiger partial charge in [-0.2, -0.15) is 23.4 Å². The second kappa shape index (κ2) is 10.2. The van der Waals surface area contributed by atoms with Gasteiger partial charge in [-0.25, -0.2) is 9.67 Å². The number of nitrogens with zero attached hydrogens (tertiary/aromatic N) is 4. The molecule has 0 atom stereocenters. The van der Waals surface area contributed by atoms with Crippen LogP contribution >= 0.6 is 11.6 Å². The third-order valence-corrected chi connectivity index (χ3v) is 5.87. The van der Waals surface area contributed by atoms with Crippen molar-refractivity contribution in [3.05, 3.63) is 58.5 Å². The fourth-order valence-electron chi connectivity index (χ4n) is 3.75.